The van der Waals surface area contributed by atoms with Crippen LogP contribution in [0.2, 0.25) is 0 Å². The molecule has 0 saturated carbocycles. The number of likely N-dealkylation sites (N-methyl/N-ethyl adjacent to an activating group) is 1. The normalized spacial score (nSPS) is 9.53. The van der Waals surface area contributed by atoms with Crippen molar-refractivity contribution in [2.24, 2.45) is 0 Å². The first-order valence-electron chi connectivity index (χ1n) is 4.57. The van der Waals surface area contributed by atoms with E-state index in [4.69, 9.17) is 4.74 Å². The minimum absolute atomic E-state index is 0. The Hall–Kier alpha value is -0.341. The molecule has 0 aliphatic carbocycles. The molecule has 0 bridgehead atoms. The molecular formula is C11H16ClNOSe. The quantitative estimate of drug-likeness (QED) is 0.759. The van der Waals surface area contributed by atoms with Crippen LogP contribution in [0.5, 0.6) is 0 Å². The van der Waals surface area contributed by atoms with Crippen LogP contribution in [-0.2, 0) is 4.74 Å². The van der Waals surface area contributed by atoms with Gasteiger partial charge in [0.2, 0.25) is 0 Å². The molecule has 2 nitrogen and oxygen atoms in total. The monoisotopic (exact) mass is 293 g/mol. The molecule has 84 valence electrons. The zero-order valence-electron chi connectivity index (χ0n) is 8.97. The summed E-state index contributed by atoms with van der Waals surface area (Å²) < 4.78 is 6.43. The summed E-state index contributed by atoms with van der Waals surface area (Å²) in [7, 11) is 4.07. The number of rotatable bonds is 5. The van der Waals surface area contributed by atoms with Crippen molar-refractivity contribution in [3.05, 3.63) is 35.9 Å². The largest absolute Gasteiger partial charge is 0.147 e. The smallest absolute Gasteiger partial charge is 0.147 e. The summed E-state index contributed by atoms with van der Waals surface area (Å²) in [5.74, 6) is 0. The van der Waals surface area contributed by atoms with E-state index in [0.717, 1.165) is 16.7 Å². The van der Waals surface area contributed by atoms with Gasteiger partial charge >= 0.3 is 93.0 Å². The van der Waals surface area contributed by atoms with Crippen LogP contribution in [0, 0.1) is 0 Å². The molecule has 0 heterocycles. The molecule has 0 spiro atoms. The van der Waals surface area contributed by atoms with Gasteiger partial charge in [-0.2, -0.15) is 0 Å². The molecule has 0 aliphatic rings. The number of hydrogen-bond donors (Lipinski definition) is 0. The van der Waals surface area contributed by atoms with E-state index < -0.39 is 0 Å². The van der Waals surface area contributed by atoms with Gasteiger partial charge in [0.1, 0.15) is 0 Å². The molecule has 0 aliphatic heterocycles. The molecule has 0 saturated heterocycles. The average Bonchev–Trinajstić information content (AvgIpc) is 2.18. The maximum absolute atomic E-state index is 5.56. The Morgan fingerprint density at radius 1 is 1.27 bits per heavy atom. The van der Waals surface area contributed by atoms with E-state index in [0.29, 0.717) is 6.61 Å². The van der Waals surface area contributed by atoms with Crippen molar-refractivity contribution in [1.82, 2.24) is 4.90 Å². The van der Waals surface area contributed by atoms with E-state index in [1.165, 1.54) is 0 Å². The minimum Gasteiger partial charge on any atom is -0.147 e. The van der Waals surface area contributed by atoms with E-state index in [1.54, 1.807) is 0 Å². The fourth-order valence-electron chi connectivity index (χ4n) is 0.978. The summed E-state index contributed by atoms with van der Waals surface area (Å²) in [6.07, 6.45) is 0. The van der Waals surface area contributed by atoms with Gasteiger partial charge in [0.25, 0.3) is 0 Å². The van der Waals surface area contributed by atoms with Gasteiger partial charge in [-0.1, -0.05) is 0 Å². The average molecular weight is 293 g/mol. The van der Waals surface area contributed by atoms with Crippen LogP contribution in [0.15, 0.2) is 30.3 Å². The zero-order chi connectivity index (χ0) is 10.4. The standard InChI is InChI=1S/C11H15NOSe.ClH/c1-12(2)8-9-13-11(14)10-6-4-3-5-7-10;/h3-7H,8-9H2,1-2H3;1H. The van der Waals surface area contributed by atoms with Crippen LogP contribution in [0.3, 0.4) is 0 Å². The van der Waals surface area contributed by atoms with Crippen molar-refractivity contribution in [2.75, 3.05) is 27.2 Å². The Bertz CT molecular complexity index is 290. The fourth-order valence-corrected chi connectivity index (χ4v) is 1.44. The Morgan fingerprint density at radius 2 is 1.87 bits per heavy atom. The second-order valence-electron chi connectivity index (χ2n) is 3.31. The zero-order valence-corrected chi connectivity index (χ0v) is 11.5. The van der Waals surface area contributed by atoms with Crippen molar-refractivity contribution < 1.29 is 4.74 Å². The van der Waals surface area contributed by atoms with Gasteiger partial charge in [0, 0.05) is 0 Å². The summed E-state index contributed by atoms with van der Waals surface area (Å²) in [5, 5.41) is 0. The fraction of sp³-hybridized carbons (Fsp3) is 0.364. The van der Waals surface area contributed by atoms with Gasteiger partial charge in [-0.15, -0.1) is 12.4 Å². The molecule has 4 heteroatoms. The minimum atomic E-state index is 0. The molecule has 0 radical (unpaired) electrons. The van der Waals surface area contributed by atoms with Crippen LogP contribution in [0.25, 0.3) is 0 Å². The van der Waals surface area contributed by atoms with Crippen molar-refractivity contribution in [3.8, 4) is 0 Å². The van der Waals surface area contributed by atoms with Crippen molar-refractivity contribution in [1.29, 1.82) is 0 Å². The van der Waals surface area contributed by atoms with E-state index in [2.05, 4.69) is 20.5 Å². The van der Waals surface area contributed by atoms with Gasteiger partial charge < -0.3 is 0 Å². The van der Waals surface area contributed by atoms with Crippen LogP contribution < -0.4 is 0 Å². The first-order chi connectivity index (χ1) is 6.70. The van der Waals surface area contributed by atoms with E-state index >= 15 is 0 Å². The third-order valence-electron chi connectivity index (χ3n) is 1.78. The number of benzene rings is 1. The van der Waals surface area contributed by atoms with Crippen LogP contribution in [0.1, 0.15) is 5.56 Å². The molecule has 1 aromatic rings. The van der Waals surface area contributed by atoms with Gasteiger partial charge in [-0.25, -0.2) is 0 Å². The molecule has 0 amide bonds. The SMILES string of the molecule is CN(C)CCOC(=[Se])c1ccccc1.Cl. The molecule has 0 unspecified atom stereocenters. The predicted molar refractivity (Wildman–Crippen MR) is 68.1 cm³/mol. The molecular weight excluding hydrogens is 277 g/mol. The van der Waals surface area contributed by atoms with Crippen LogP contribution >= 0.6 is 12.4 Å². The molecule has 1 rings (SSSR count). The third kappa shape index (κ3) is 5.95. The molecule has 0 N–H and O–H groups in total. The van der Waals surface area contributed by atoms with Gasteiger partial charge in [0.15, 0.2) is 0 Å². The maximum atomic E-state index is 5.56. The topological polar surface area (TPSA) is 12.5 Å². The van der Waals surface area contributed by atoms with Crippen molar-refractivity contribution in [3.63, 3.8) is 0 Å². The molecule has 15 heavy (non-hydrogen) atoms. The summed E-state index contributed by atoms with van der Waals surface area (Å²) in [6, 6.07) is 10.1. The number of hydrogen-bond acceptors (Lipinski definition) is 2. The molecule has 0 aromatic heterocycles. The number of ether oxygens (including phenoxy) is 1. The predicted octanol–water partition coefficient (Wildman–Crippen LogP) is 1.33. The van der Waals surface area contributed by atoms with E-state index in [-0.39, 0.29) is 12.4 Å². The van der Waals surface area contributed by atoms with Gasteiger partial charge in [-0.3, -0.25) is 0 Å². The summed E-state index contributed by atoms with van der Waals surface area (Å²) in [6.45, 7) is 1.64. The molecule has 0 atom stereocenters. The summed E-state index contributed by atoms with van der Waals surface area (Å²) in [5.41, 5.74) is 1.10. The second kappa shape index (κ2) is 7.89. The Labute approximate surface area is 105 Å². The first-order valence-corrected chi connectivity index (χ1v) is 5.42. The summed E-state index contributed by atoms with van der Waals surface area (Å²) >= 11 is 2.94. The number of halogens is 1. The van der Waals surface area contributed by atoms with Crippen LogP contribution in [0.4, 0.5) is 0 Å². The van der Waals surface area contributed by atoms with Gasteiger partial charge in [-0.05, 0) is 0 Å². The van der Waals surface area contributed by atoms with E-state index in [9.17, 15) is 0 Å². The Kier molecular flexibility index (Phi) is 7.71. The van der Waals surface area contributed by atoms with Gasteiger partial charge in [0.05, 0.1) is 0 Å². The third-order valence-corrected chi connectivity index (χ3v) is 2.52. The summed E-state index contributed by atoms with van der Waals surface area (Å²) in [4.78, 5) is 2.10. The van der Waals surface area contributed by atoms with Crippen LogP contribution in [-0.4, -0.2) is 52.3 Å². The molecule has 1 aromatic carbocycles. The van der Waals surface area contributed by atoms with E-state index in [1.807, 2.05) is 44.4 Å². The number of nitrogens with zero attached hydrogens (tertiary/aromatic N) is 1. The van der Waals surface area contributed by atoms with Crippen molar-refractivity contribution >= 4 is 32.6 Å². The molecule has 0 fully saturated rings. The Morgan fingerprint density at radius 3 is 2.40 bits per heavy atom. The Balaban J connectivity index is 0.00000196. The maximum Gasteiger partial charge on any atom is -0.147 e. The second-order valence-corrected chi connectivity index (χ2v) is 4.08. The van der Waals surface area contributed by atoms with Crippen molar-refractivity contribution in [2.45, 2.75) is 0 Å². The first kappa shape index (κ1) is 14.7.